The molecule has 0 nitrogen and oxygen atoms in total. The zero-order chi connectivity index (χ0) is 6.95. The quantitative estimate of drug-likeness (QED) is 0.502. The van der Waals surface area contributed by atoms with Crippen molar-refractivity contribution < 1.29 is 0 Å². The molecule has 0 aromatic rings. The van der Waals surface area contributed by atoms with E-state index in [0.717, 1.165) is 12.8 Å². The van der Waals surface area contributed by atoms with Gasteiger partial charge in [0.05, 0.1) is 0 Å². The van der Waals surface area contributed by atoms with Gasteiger partial charge in [-0.05, 0) is 12.8 Å². The Morgan fingerprint density at radius 1 is 1.11 bits per heavy atom. The van der Waals surface area contributed by atoms with E-state index in [9.17, 15) is 0 Å². The highest BCUT2D eigenvalue weighted by Gasteiger charge is 1.67. The standard InChI is InChI=1S/C9H13/c1-3-5-7-9-8-6-4-2/h3,5,7-9H,1-2,4,6H2. The summed E-state index contributed by atoms with van der Waals surface area (Å²) in [7, 11) is 0. The lowest BCUT2D eigenvalue weighted by atomic mass is 10.3. The molecule has 0 aliphatic heterocycles. The van der Waals surface area contributed by atoms with Gasteiger partial charge in [-0.3, -0.25) is 0 Å². The van der Waals surface area contributed by atoms with E-state index in [1.807, 2.05) is 18.2 Å². The Hall–Kier alpha value is -0.780. The van der Waals surface area contributed by atoms with Crippen molar-refractivity contribution in [3.8, 4) is 0 Å². The van der Waals surface area contributed by atoms with E-state index in [0.29, 0.717) is 0 Å². The molecule has 0 saturated heterocycles. The highest BCUT2D eigenvalue weighted by molar-refractivity contribution is 5.08. The molecule has 49 valence electrons. The van der Waals surface area contributed by atoms with Crippen molar-refractivity contribution in [2.75, 3.05) is 0 Å². The molecule has 0 saturated carbocycles. The van der Waals surface area contributed by atoms with E-state index in [1.165, 1.54) is 0 Å². The Labute approximate surface area is 57.6 Å². The van der Waals surface area contributed by atoms with Crippen LogP contribution in [0.4, 0.5) is 0 Å². The van der Waals surface area contributed by atoms with Gasteiger partial charge in [-0.15, -0.1) is 0 Å². The molecule has 0 atom stereocenters. The summed E-state index contributed by atoms with van der Waals surface area (Å²) in [6.45, 7) is 7.25. The number of rotatable bonds is 4. The SMILES string of the molecule is [CH2]CCC=CC=CC=C. The first kappa shape index (κ1) is 8.22. The van der Waals surface area contributed by atoms with Gasteiger partial charge in [0.1, 0.15) is 0 Å². The van der Waals surface area contributed by atoms with Crippen LogP contribution in [0.15, 0.2) is 37.0 Å². The van der Waals surface area contributed by atoms with Gasteiger partial charge in [0.2, 0.25) is 0 Å². The minimum Gasteiger partial charge on any atom is -0.0991 e. The summed E-state index contributed by atoms with van der Waals surface area (Å²) in [4.78, 5) is 0. The lowest BCUT2D eigenvalue weighted by molar-refractivity contribution is 1.05. The first-order chi connectivity index (χ1) is 4.41. The Morgan fingerprint density at radius 3 is 2.44 bits per heavy atom. The van der Waals surface area contributed by atoms with Crippen molar-refractivity contribution in [2.45, 2.75) is 12.8 Å². The van der Waals surface area contributed by atoms with Gasteiger partial charge in [-0.25, -0.2) is 0 Å². The van der Waals surface area contributed by atoms with Crippen molar-refractivity contribution in [3.63, 3.8) is 0 Å². The maximum atomic E-state index is 3.71. The van der Waals surface area contributed by atoms with Crippen LogP contribution in [0.2, 0.25) is 0 Å². The van der Waals surface area contributed by atoms with E-state index in [1.54, 1.807) is 6.08 Å². The van der Waals surface area contributed by atoms with Crippen molar-refractivity contribution in [1.82, 2.24) is 0 Å². The van der Waals surface area contributed by atoms with Gasteiger partial charge in [-0.1, -0.05) is 43.9 Å². The molecule has 0 N–H and O–H groups in total. The van der Waals surface area contributed by atoms with Gasteiger partial charge in [-0.2, -0.15) is 0 Å². The molecule has 0 heterocycles. The van der Waals surface area contributed by atoms with Gasteiger partial charge < -0.3 is 0 Å². The van der Waals surface area contributed by atoms with E-state index in [-0.39, 0.29) is 0 Å². The number of hydrogen-bond acceptors (Lipinski definition) is 0. The molecule has 0 aromatic heterocycles. The van der Waals surface area contributed by atoms with Gasteiger partial charge >= 0.3 is 0 Å². The molecule has 0 amide bonds. The average Bonchev–Trinajstić information content (AvgIpc) is 1.89. The monoisotopic (exact) mass is 121 g/mol. The zero-order valence-electron chi connectivity index (χ0n) is 5.72. The first-order valence-corrected chi connectivity index (χ1v) is 3.15. The Bertz CT molecular complexity index is 107. The Balaban J connectivity index is 3.23. The molecular formula is C9H13. The van der Waals surface area contributed by atoms with Crippen LogP contribution >= 0.6 is 0 Å². The van der Waals surface area contributed by atoms with Crippen LogP contribution in [-0.2, 0) is 0 Å². The van der Waals surface area contributed by atoms with E-state index in [4.69, 9.17) is 0 Å². The topological polar surface area (TPSA) is 0 Å². The third kappa shape index (κ3) is 7.22. The van der Waals surface area contributed by atoms with Gasteiger partial charge in [0, 0.05) is 0 Å². The highest BCUT2D eigenvalue weighted by atomic mass is 13.7. The van der Waals surface area contributed by atoms with Crippen LogP contribution in [0.3, 0.4) is 0 Å². The van der Waals surface area contributed by atoms with Gasteiger partial charge in [0.25, 0.3) is 0 Å². The summed E-state index contributed by atoms with van der Waals surface area (Å²) in [6, 6.07) is 0. The predicted octanol–water partition coefficient (Wildman–Crippen LogP) is 2.90. The fraction of sp³-hybridized carbons (Fsp3) is 0.222. The third-order valence-electron chi connectivity index (χ3n) is 0.865. The molecule has 0 unspecified atom stereocenters. The summed E-state index contributed by atoms with van der Waals surface area (Å²) in [5.41, 5.74) is 0. The van der Waals surface area contributed by atoms with E-state index < -0.39 is 0 Å². The molecule has 0 spiro atoms. The highest BCUT2D eigenvalue weighted by Crippen LogP contribution is 1.87. The maximum absolute atomic E-state index is 3.71. The van der Waals surface area contributed by atoms with E-state index >= 15 is 0 Å². The molecule has 1 radical (unpaired) electrons. The number of allylic oxidation sites excluding steroid dienone is 5. The summed E-state index contributed by atoms with van der Waals surface area (Å²) in [5.74, 6) is 0. The zero-order valence-corrected chi connectivity index (χ0v) is 5.72. The normalized spacial score (nSPS) is 11.2. The van der Waals surface area contributed by atoms with Crippen molar-refractivity contribution in [1.29, 1.82) is 0 Å². The predicted molar refractivity (Wildman–Crippen MR) is 43.1 cm³/mol. The van der Waals surface area contributed by atoms with Gasteiger partial charge in [0.15, 0.2) is 0 Å². The van der Waals surface area contributed by atoms with E-state index in [2.05, 4.69) is 19.6 Å². The summed E-state index contributed by atoms with van der Waals surface area (Å²) in [5, 5.41) is 0. The van der Waals surface area contributed by atoms with Crippen LogP contribution in [0, 0.1) is 6.92 Å². The second-order valence-electron chi connectivity index (χ2n) is 1.69. The maximum Gasteiger partial charge on any atom is -0.0348 e. The largest absolute Gasteiger partial charge is 0.0991 e. The van der Waals surface area contributed by atoms with Crippen LogP contribution in [0.1, 0.15) is 12.8 Å². The molecular weight excluding hydrogens is 108 g/mol. The number of hydrogen-bond donors (Lipinski definition) is 0. The van der Waals surface area contributed by atoms with Crippen LogP contribution < -0.4 is 0 Å². The third-order valence-corrected chi connectivity index (χ3v) is 0.865. The Kier molecular flexibility index (Phi) is 6.59. The average molecular weight is 121 g/mol. The molecule has 0 bridgehead atoms. The minimum absolute atomic E-state index is 0.971. The molecule has 0 aliphatic carbocycles. The fourth-order valence-corrected chi connectivity index (χ4v) is 0.435. The molecule has 0 heteroatoms. The van der Waals surface area contributed by atoms with Crippen LogP contribution in [0.25, 0.3) is 0 Å². The van der Waals surface area contributed by atoms with Crippen molar-refractivity contribution >= 4 is 0 Å². The number of unbranched alkanes of at least 4 members (excludes halogenated alkanes) is 1. The summed E-state index contributed by atoms with van der Waals surface area (Å²) < 4.78 is 0. The fourth-order valence-electron chi connectivity index (χ4n) is 0.435. The molecule has 9 heavy (non-hydrogen) atoms. The molecule has 0 aliphatic rings. The van der Waals surface area contributed by atoms with Crippen molar-refractivity contribution in [2.24, 2.45) is 0 Å². The molecule has 0 rings (SSSR count). The first-order valence-electron chi connectivity index (χ1n) is 3.15. The molecule has 0 aromatic carbocycles. The van der Waals surface area contributed by atoms with Crippen LogP contribution in [0.5, 0.6) is 0 Å². The second-order valence-corrected chi connectivity index (χ2v) is 1.69. The second kappa shape index (κ2) is 7.22. The Morgan fingerprint density at radius 2 is 1.89 bits per heavy atom. The lowest BCUT2D eigenvalue weighted by Gasteiger charge is -1.78. The molecule has 0 fully saturated rings. The lowest BCUT2D eigenvalue weighted by Crippen LogP contribution is -1.58. The van der Waals surface area contributed by atoms with Crippen LogP contribution in [-0.4, -0.2) is 0 Å². The minimum atomic E-state index is 0.971. The summed E-state index contributed by atoms with van der Waals surface area (Å²) >= 11 is 0. The smallest absolute Gasteiger partial charge is 0.0348 e. The van der Waals surface area contributed by atoms with Crippen molar-refractivity contribution in [3.05, 3.63) is 43.9 Å². The summed E-state index contributed by atoms with van der Waals surface area (Å²) in [6.07, 6.45) is 11.7.